The summed E-state index contributed by atoms with van der Waals surface area (Å²) in [6, 6.07) is 4.09. The summed E-state index contributed by atoms with van der Waals surface area (Å²) in [5.74, 6) is -0.625. The summed E-state index contributed by atoms with van der Waals surface area (Å²) < 4.78 is 4.38. The van der Waals surface area contributed by atoms with Crippen LogP contribution >= 0.6 is 0 Å². The SMILES string of the molecule is COC(=O)C=Cc1ccc(O)cc1O. The standard InChI is InChI=1S/C10H10O4/c1-14-10(13)5-3-7-2-4-8(11)6-9(7)12/h2-6,11-12H,1H3. The summed E-state index contributed by atoms with van der Waals surface area (Å²) in [4.78, 5) is 10.7. The number of hydrogen-bond donors (Lipinski definition) is 2. The van der Waals surface area contributed by atoms with Crippen LogP contribution < -0.4 is 0 Å². The van der Waals surface area contributed by atoms with Crippen molar-refractivity contribution in [3.63, 3.8) is 0 Å². The van der Waals surface area contributed by atoms with Gasteiger partial charge in [0.05, 0.1) is 7.11 Å². The molecule has 2 N–H and O–H groups in total. The molecule has 14 heavy (non-hydrogen) atoms. The van der Waals surface area contributed by atoms with E-state index in [-0.39, 0.29) is 11.5 Å². The van der Waals surface area contributed by atoms with Crippen molar-refractivity contribution < 1.29 is 19.7 Å². The molecule has 0 aliphatic heterocycles. The van der Waals surface area contributed by atoms with Crippen LogP contribution in [-0.4, -0.2) is 23.3 Å². The van der Waals surface area contributed by atoms with Crippen LogP contribution in [0.4, 0.5) is 0 Å². The zero-order valence-electron chi connectivity index (χ0n) is 7.60. The smallest absolute Gasteiger partial charge is 0.330 e. The molecule has 0 bridgehead atoms. The minimum Gasteiger partial charge on any atom is -0.508 e. The molecular formula is C10H10O4. The number of hydrogen-bond acceptors (Lipinski definition) is 4. The van der Waals surface area contributed by atoms with Crippen molar-refractivity contribution in [2.45, 2.75) is 0 Å². The summed E-state index contributed by atoms with van der Waals surface area (Å²) in [5, 5.41) is 18.3. The Morgan fingerprint density at radius 3 is 2.71 bits per heavy atom. The van der Waals surface area contributed by atoms with Crippen molar-refractivity contribution in [1.82, 2.24) is 0 Å². The highest BCUT2D eigenvalue weighted by molar-refractivity contribution is 5.87. The minimum atomic E-state index is -0.502. The van der Waals surface area contributed by atoms with Gasteiger partial charge in [-0.05, 0) is 18.2 Å². The Kier molecular flexibility index (Phi) is 3.12. The molecule has 0 saturated heterocycles. The van der Waals surface area contributed by atoms with E-state index in [1.807, 2.05) is 0 Å². The molecule has 74 valence electrons. The number of phenols is 2. The fraction of sp³-hybridized carbons (Fsp3) is 0.100. The van der Waals surface area contributed by atoms with Gasteiger partial charge in [-0.1, -0.05) is 0 Å². The number of phenolic OH excluding ortho intramolecular Hbond substituents is 2. The maximum Gasteiger partial charge on any atom is 0.330 e. The van der Waals surface area contributed by atoms with Gasteiger partial charge in [-0.15, -0.1) is 0 Å². The summed E-state index contributed by atoms with van der Waals surface area (Å²) in [5.41, 5.74) is 0.438. The van der Waals surface area contributed by atoms with E-state index >= 15 is 0 Å². The largest absolute Gasteiger partial charge is 0.508 e. The van der Waals surface area contributed by atoms with E-state index < -0.39 is 5.97 Å². The van der Waals surface area contributed by atoms with Crippen molar-refractivity contribution in [3.05, 3.63) is 29.8 Å². The van der Waals surface area contributed by atoms with E-state index in [1.165, 1.54) is 37.5 Å². The highest BCUT2D eigenvalue weighted by atomic mass is 16.5. The third-order valence-corrected chi connectivity index (χ3v) is 1.61. The lowest BCUT2D eigenvalue weighted by Crippen LogP contribution is -1.93. The summed E-state index contributed by atoms with van der Waals surface area (Å²) in [6.45, 7) is 0. The lowest BCUT2D eigenvalue weighted by Gasteiger charge is -1.98. The predicted octanol–water partition coefficient (Wildman–Crippen LogP) is 1.28. The second-order valence-corrected chi connectivity index (χ2v) is 2.60. The molecule has 4 heteroatoms. The van der Waals surface area contributed by atoms with Crippen LogP contribution in [0.5, 0.6) is 11.5 Å². The molecule has 0 amide bonds. The molecule has 0 fully saturated rings. The molecule has 0 radical (unpaired) electrons. The van der Waals surface area contributed by atoms with Gasteiger partial charge in [-0.25, -0.2) is 4.79 Å². The zero-order valence-corrected chi connectivity index (χ0v) is 7.60. The van der Waals surface area contributed by atoms with Crippen LogP contribution in [0.3, 0.4) is 0 Å². The van der Waals surface area contributed by atoms with Crippen molar-refractivity contribution in [2.75, 3.05) is 7.11 Å². The quantitative estimate of drug-likeness (QED) is 0.549. The number of carbonyl (C=O) groups excluding carboxylic acids is 1. The second kappa shape index (κ2) is 4.32. The van der Waals surface area contributed by atoms with Crippen LogP contribution in [0, 0.1) is 0 Å². The van der Waals surface area contributed by atoms with E-state index in [9.17, 15) is 9.90 Å². The van der Waals surface area contributed by atoms with Crippen molar-refractivity contribution in [3.8, 4) is 11.5 Å². The zero-order chi connectivity index (χ0) is 10.6. The molecule has 0 atom stereocenters. The van der Waals surface area contributed by atoms with Crippen LogP contribution in [-0.2, 0) is 9.53 Å². The lowest BCUT2D eigenvalue weighted by molar-refractivity contribution is -0.134. The molecule has 1 aromatic carbocycles. The number of ether oxygens (including phenoxy) is 1. The maximum absolute atomic E-state index is 10.7. The fourth-order valence-electron chi connectivity index (χ4n) is 0.899. The topological polar surface area (TPSA) is 66.8 Å². The molecule has 0 saturated carbocycles. The van der Waals surface area contributed by atoms with Gasteiger partial charge in [0.25, 0.3) is 0 Å². The molecule has 0 aliphatic carbocycles. The Morgan fingerprint density at radius 1 is 1.43 bits per heavy atom. The van der Waals surface area contributed by atoms with E-state index in [2.05, 4.69) is 4.74 Å². The van der Waals surface area contributed by atoms with Gasteiger partial charge in [0.1, 0.15) is 11.5 Å². The third-order valence-electron chi connectivity index (χ3n) is 1.61. The van der Waals surface area contributed by atoms with Crippen molar-refractivity contribution in [1.29, 1.82) is 0 Å². The van der Waals surface area contributed by atoms with Crippen LogP contribution in [0.1, 0.15) is 5.56 Å². The Morgan fingerprint density at radius 2 is 2.14 bits per heavy atom. The first-order valence-electron chi connectivity index (χ1n) is 3.91. The van der Waals surface area contributed by atoms with Crippen LogP contribution in [0.15, 0.2) is 24.3 Å². The highest BCUT2D eigenvalue weighted by Crippen LogP contribution is 2.23. The Balaban J connectivity index is 2.87. The van der Waals surface area contributed by atoms with E-state index in [4.69, 9.17) is 5.11 Å². The fourth-order valence-corrected chi connectivity index (χ4v) is 0.899. The van der Waals surface area contributed by atoms with Crippen LogP contribution in [0.25, 0.3) is 6.08 Å². The first kappa shape index (κ1) is 10.1. The van der Waals surface area contributed by atoms with Crippen LogP contribution in [0.2, 0.25) is 0 Å². The molecule has 0 spiro atoms. The average Bonchev–Trinajstić information content (AvgIpc) is 2.16. The normalized spacial score (nSPS) is 10.4. The number of esters is 1. The summed E-state index contributed by atoms with van der Waals surface area (Å²) in [7, 11) is 1.27. The number of carbonyl (C=O) groups is 1. The molecule has 0 heterocycles. The Hall–Kier alpha value is -1.97. The van der Waals surface area contributed by atoms with Gasteiger partial charge >= 0.3 is 5.97 Å². The number of benzene rings is 1. The lowest BCUT2D eigenvalue weighted by atomic mass is 10.2. The predicted molar refractivity (Wildman–Crippen MR) is 50.8 cm³/mol. The van der Waals surface area contributed by atoms with Gasteiger partial charge in [0, 0.05) is 17.7 Å². The Bertz CT molecular complexity index is 368. The molecule has 1 aromatic rings. The van der Waals surface area contributed by atoms with Gasteiger partial charge in [0.15, 0.2) is 0 Å². The summed E-state index contributed by atoms with van der Waals surface area (Å²) in [6.07, 6.45) is 2.59. The van der Waals surface area contributed by atoms with Gasteiger partial charge in [-0.3, -0.25) is 0 Å². The Labute approximate surface area is 81.1 Å². The monoisotopic (exact) mass is 194 g/mol. The number of methoxy groups -OCH3 is 1. The second-order valence-electron chi connectivity index (χ2n) is 2.60. The summed E-state index contributed by atoms with van der Waals surface area (Å²) >= 11 is 0. The molecular weight excluding hydrogens is 184 g/mol. The minimum absolute atomic E-state index is 0.0299. The molecule has 0 aromatic heterocycles. The van der Waals surface area contributed by atoms with Crippen molar-refractivity contribution in [2.24, 2.45) is 0 Å². The number of aromatic hydroxyl groups is 2. The third kappa shape index (κ3) is 2.52. The highest BCUT2D eigenvalue weighted by Gasteiger charge is 1.99. The molecule has 0 unspecified atom stereocenters. The van der Waals surface area contributed by atoms with E-state index in [1.54, 1.807) is 0 Å². The van der Waals surface area contributed by atoms with Gasteiger partial charge in [-0.2, -0.15) is 0 Å². The number of rotatable bonds is 2. The maximum atomic E-state index is 10.7. The first-order valence-corrected chi connectivity index (χ1v) is 3.91. The van der Waals surface area contributed by atoms with Gasteiger partial charge < -0.3 is 14.9 Å². The molecule has 4 nitrogen and oxygen atoms in total. The molecule has 0 aliphatic rings. The first-order chi connectivity index (χ1) is 6.63. The average molecular weight is 194 g/mol. The van der Waals surface area contributed by atoms with E-state index in [0.717, 1.165) is 0 Å². The molecule has 1 rings (SSSR count). The van der Waals surface area contributed by atoms with Crippen molar-refractivity contribution >= 4 is 12.0 Å². The van der Waals surface area contributed by atoms with Gasteiger partial charge in [0.2, 0.25) is 0 Å². The van der Waals surface area contributed by atoms with E-state index in [0.29, 0.717) is 5.56 Å².